The second kappa shape index (κ2) is 4.76. The molecular formula is C11H15ClFN. The van der Waals surface area contributed by atoms with Crippen LogP contribution in [0.5, 0.6) is 0 Å². The predicted octanol–water partition coefficient (Wildman–Crippen LogP) is 3.05. The summed E-state index contributed by atoms with van der Waals surface area (Å²) in [6.07, 6.45) is 3.73. The van der Waals surface area contributed by atoms with Crippen molar-refractivity contribution in [2.45, 2.75) is 25.3 Å². The second-order valence-electron chi connectivity index (χ2n) is 3.77. The summed E-state index contributed by atoms with van der Waals surface area (Å²) < 4.78 is 12.6. The summed E-state index contributed by atoms with van der Waals surface area (Å²) in [4.78, 5) is 0. The molecule has 1 fully saturated rings. The first kappa shape index (κ1) is 11.5. The van der Waals surface area contributed by atoms with Crippen molar-refractivity contribution in [3.8, 4) is 0 Å². The maximum atomic E-state index is 12.6. The molecule has 3 heteroatoms. The summed E-state index contributed by atoms with van der Waals surface area (Å²) in [6, 6.07) is 6.65. The number of nitrogens with two attached hydrogens (primary N) is 1. The van der Waals surface area contributed by atoms with Crippen LogP contribution in [-0.4, -0.2) is 0 Å². The number of hydrogen-bond donors (Lipinski definition) is 1. The zero-order valence-corrected chi connectivity index (χ0v) is 8.77. The molecule has 0 spiro atoms. The van der Waals surface area contributed by atoms with Gasteiger partial charge in [0.2, 0.25) is 0 Å². The fourth-order valence-corrected chi connectivity index (χ4v) is 1.76. The van der Waals surface area contributed by atoms with Crippen LogP contribution >= 0.6 is 12.4 Å². The van der Waals surface area contributed by atoms with Gasteiger partial charge in [-0.05, 0) is 36.5 Å². The summed E-state index contributed by atoms with van der Waals surface area (Å²) in [5.74, 6) is 0.426. The third kappa shape index (κ3) is 2.25. The molecule has 1 aliphatic rings. The van der Waals surface area contributed by atoms with E-state index in [2.05, 4.69) is 0 Å². The Balaban J connectivity index is 0.000000980. The summed E-state index contributed by atoms with van der Waals surface area (Å²) in [5, 5.41) is 0. The van der Waals surface area contributed by atoms with Crippen LogP contribution in [0.15, 0.2) is 24.3 Å². The molecule has 2 rings (SSSR count). The van der Waals surface area contributed by atoms with Gasteiger partial charge in [0.15, 0.2) is 0 Å². The Morgan fingerprint density at radius 1 is 1.21 bits per heavy atom. The average molecular weight is 216 g/mol. The van der Waals surface area contributed by atoms with Crippen LogP contribution in [0.2, 0.25) is 0 Å². The number of rotatable bonds is 2. The minimum absolute atomic E-state index is 0. The molecule has 1 atom stereocenters. The lowest BCUT2D eigenvalue weighted by Gasteiger charge is -2.31. The molecule has 0 radical (unpaired) electrons. The number of hydrogen-bond acceptors (Lipinski definition) is 1. The van der Waals surface area contributed by atoms with Gasteiger partial charge in [-0.25, -0.2) is 4.39 Å². The Bertz CT molecular complexity index is 282. The molecule has 1 aromatic carbocycles. The predicted molar refractivity (Wildman–Crippen MR) is 57.9 cm³/mol. The summed E-state index contributed by atoms with van der Waals surface area (Å²) in [7, 11) is 0. The molecule has 0 amide bonds. The van der Waals surface area contributed by atoms with Crippen molar-refractivity contribution in [1.82, 2.24) is 0 Å². The normalized spacial score (nSPS) is 18.1. The maximum Gasteiger partial charge on any atom is 0.123 e. The highest BCUT2D eigenvalue weighted by Gasteiger charge is 2.25. The molecule has 0 aliphatic heterocycles. The van der Waals surface area contributed by atoms with Gasteiger partial charge in [0.25, 0.3) is 0 Å². The Hall–Kier alpha value is -0.600. The van der Waals surface area contributed by atoms with Crippen molar-refractivity contribution in [1.29, 1.82) is 0 Å². The molecule has 1 aliphatic carbocycles. The minimum Gasteiger partial charge on any atom is -0.324 e. The van der Waals surface area contributed by atoms with Gasteiger partial charge in [0.05, 0.1) is 0 Å². The van der Waals surface area contributed by atoms with Crippen LogP contribution in [0.1, 0.15) is 30.9 Å². The highest BCUT2D eigenvalue weighted by molar-refractivity contribution is 5.85. The van der Waals surface area contributed by atoms with E-state index in [9.17, 15) is 4.39 Å². The Morgan fingerprint density at radius 2 is 1.79 bits per heavy atom. The lowest BCUT2D eigenvalue weighted by atomic mass is 9.78. The van der Waals surface area contributed by atoms with Crippen LogP contribution < -0.4 is 5.73 Å². The molecule has 2 N–H and O–H groups in total. The van der Waals surface area contributed by atoms with Crippen LogP contribution in [0.25, 0.3) is 0 Å². The van der Waals surface area contributed by atoms with Gasteiger partial charge in [-0.2, -0.15) is 0 Å². The standard InChI is InChI=1S/C11H14FN.ClH/c12-10-6-4-9(5-7-10)11(13)8-2-1-3-8;/h4-8,11H,1-3,13H2;1H/t11-;/m1./s1. The van der Waals surface area contributed by atoms with Crippen LogP contribution in [-0.2, 0) is 0 Å². The quantitative estimate of drug-likeness (QED) is 0.807. The molecule has 0 bridgehead atoms. The van der Waals surface area contributed by atoms with Crippen molar-refractivity contribution < 1.29 is 4.39 Å². The fraction of sp³-hybridized carbons (Fsp3) is 0.455. The maximum absolute atomic E-state index is 12.6. The molecule has 1 aromatic rings. The first-order valence-corrected chi connectivity index (χ1v) is 4.78. The molecule has 14 heavy (non-hydrogen) atoms. The summed E-state index contributed by atoms with van der Waals surface area (Å²) >= 11 is 0. The van der Waals surface area contributed by atoms with Crippen molar-refractivity contribution in [3.05, 3.63) is 35.6 Å². The van der Waals surface area contributed by atoms with E-state index in [-0.39, 0.29) is 24.3 Å². The van der Waals surface area contributed by atoms with Gasteiger partial charge in [0.1, 0.15) is 5.82 Å². The SMILES string of the molecule is Cl.N[C@@H](c1ccc(F)cc1)C1CCC1. The topological polar surface area (TPSA) is 26.0 Å². The van der Waals surface area contributed by atoms with E-state index < -0.39 is 0 Å². The molecule has 78 valence electrons. The van der Waals surface area contributed by atoms with E-state index in [0.29, 0.717) is 5.92 Å². The lowest BCUT2D eigenvalue weighted by Crippen LogP contribution is -2.26. The van der Waals surface area contributed by atoms with Crippen LogP contribution in [0.4, 0.5) is 4.39 Å². The van der Waals surface area contributed by atoms with E-state index in [1.54, 1.807) is 12.1 Å². The van der Waals surface area contributed by atoms with E-state index in [1.165, 1.54) is 31.4 Å². The summed E-state index contributed by atoms with van der Waals surface area (Å²) in [6.45, 7) is 0. The molecule has 0 heterocycles. The molecule has 0 unspecified atom stereocenters. The molecule has 1 saturated carbocycles. The first-order chi connectivity index (χ1) is 6.27. The smallest absolute Gasteiger partial charge is 0.123 e. The van der Waals surface area contributed by atoms with Gasteiger partial charge in [-0.15, -0.1) is 12.4 Å². The fourth-order valence-electron chi connectivity index (χ4n) is 1.76. The van der Waals surface area contributed by atoms with E-state index >= 15 is 0 Å². The van der Waals surface area contributed by atoms with Gasteiger partial charge < -0.3 is 5.73 Å². The van der Waals surface area contributed by atoms with E-state index in [1.807, 2.05) is 0 Å². The van der Waals surface area contributed by atoms with Gasteiger partial charge >= 0.3 is 0 Å². The minimum atomic E-state index is -0.190. The van der Waals surface area contributed by atoms with Crippen molar-refractivity contribution in [2.75, 3.05) is 0 Å². The van der Waals surface area contributed by atoms with Crippen LogP contribution in [0.3, 0.4) is 0 Å². The Kier molecular flexibility index (Phi) is 3.90. The molecule has 1 nitrogen and oxygen atoms in total. The number of benzene rings is 1. The van der Waals surface area contributed by atoms with Crippen LogP contribution in [0, 0.1) is 11.7 Å². The van der Waals surface area contributed by atoms with E-state index in [4.69, 9.17) is 5.73 Å². The van der Waals surface area contributed by atoms with E-state index in [0.717, 1.165) is 5.56 Å². The molecule has 0 aromatic heterocycles. The van der Waals surface area contributed by atoms with Crippen molar-refractivity contribution >= 4 is 12.4 Å². The summed E-state index contributed by atoms with van der Waals surface area (Å²) in [5.41, 5.74) is 7.09. The second-order valence-corrected chi connectivity index (χ2v) is 3.77. The Labute approximate surface area is 89.9 Å². The zero-order valence-electron chi connectivity index (χ0n) is 7.95. The van der Waals surface area contributed by atoms with Gasteiger partial charge in [-0.1, -0.05) is 18.6 Å². The largest absolute Gasteiger partial charge is 0.324 e. The first-order valence-electron chi connectivity index (χ1n) is 4.78. The number of halogens is 2. The lowest BCUT2D eigenvalue weighted by molar-refractivity contribution is 0.264. The average Bonchev–Trinajstić information content (AvgIpc) is 2.02. The van der Waals surface area contributed by atoms with Crippen molar-refractivity contribution in [2.24, 2.45) is 11.7 Å². The third-order valence-electron chi connectivity index (χ3n) is 2.91. The monoisotopic (exact) mass is 215 g/mol. The molecular weight excluding hydrogens is 201 g/mol. The Morgan fingerprint density at radius 3 is 2.21 bits per heavy atom. The zero-order chi connectivity index (χ0) is 9.26. The highest BCUT2D eigenvalue weighted by atomic mass is 35.5. The van der Waals surface area contributed by atoms with Gasteiger partial charge in [-0.3, -0.25) is 0 Å². The third-order valence-corrected chi connectivity index (χ3v) is 2.91. The van der Waals surface area contributed by atoms with Crippen molar-refractivity contribution in [3.63, 3.8) is 0 Å². The molecule has 0 saturated heterocycles. The van der Waals surface area contributed by atoms with Gasteiger partial charge in [0, 0.05) is 6.04 Å². The highest BCUT2D eigenvalue weighted by Crippen LogP contribution is 2.35.